The van der Waals surface area contributed by atoms with Crippen molar-refractivity contribution in [3.05, 3.63) is 40.4 Å². The second kappa shape index (κ2) is 3.59. The van der Waals surface area contributed by atoms with Crippen molar-refractivity contribution in [1.82, 2.24) is 14.8 Å². The lowest BCUT2D eigenvalue weighted by atomic mass is 10.3. The van der Waals surface area contributed by atoms with Gasteiger partial charge in [0.25, 0.3) is 0 Å². The lowest BCUT2D eigenvalue weighted by Crippen LogP contribution is -1.96. The van der Waals surface area contributed by atoms with Crippen LogP contribution in [0.5, 0.6) is 0 Å². The molecule has 1 heterocycles. The Balaban J connectivity index is 2.54. The smallest absolute Gasteiger partial charge is 0.203 e. The van der Waals surface area contributed by atoms with Gasteiger partial charge in [0.05, 0.1) is 5.69 Å². The van der Waals surface area contributed by atoms with Gasteiger partial charge in [-0.25, -0.2) is 9.67 Å². The molecular weight excluding hydrogens is 221 g/mol. The highest BCUT2D eigenvalue weighted by atomic mass is 35.5. The van der Waals surface area contributed by atoms with Gasteiger partial charge in [0.15, 0.2) is 0 Å². The number of aromatic nitrogens is 3. The molecule has 0 aliphatic carbocycles. The SMILES string of the molecule is Cc1nc(Cl)n(-c2cccc(Cl)c2)n1. The minimum atomic E-state index is 0.338. The molecule has 0 aliphatic rings. The highest BCUT2D eigenvalue weighted by Crippen LogP contribution is 2.17. The van der Waals surface area contributed by atoms with Gasteiger partial charge in [0.1, 0.15) is 5.82 Å². The summed E-state index contributed by atoms with van der Waals surface area (Å²) in [4.78, 5) is 3.99. The Labute approximate surface area is 91.3 Å². The summed E-state index contributed by atoms with van der Waals surface area (Å²) in [5, 5.41) is 5.12. The van der Waals surface area contributed by atoms with Crippen molar-refractivity contribution in [3.8, 4) is 5.69 Å². The Bertz CT molecular complexity index is 465. The minimum Gasteiger partial charge on any atom is -0.203 e. The molecule has 0 saturated carbocycles. The molecule has 3 nitrogen and oxygen atoms in total. The highest BCUT2D eigenvalue weighted by Gasteiger charge is 2.06. The summed E-state index contributed by atoms with van der Waals surface area (Å²) in [5.41, 5.74) is 0.808. The number of hydrogen-bond donors (Lipinski definition) is 0. The predicted molar refractivity (Wildman–Crippen MR) is 56.1 cm³/mol. The summed E-state index contributed by atoms with van der Waals surface area (Å²) in [6.07, 6.45) is 0. The van der Waals surface area contributed by atoms with Gasteiger partial charge in [-0.05, 0) is 36.7 Å². The van der Waals surface area contributed by atoms with E-state index in [0.717, 1.165) is 5.69 Å². The minimum absolute atomic E-state index is 0.338. The van der Waals surface area contributed by atoms with Gasteiger partial charge in [-0.3, -0.25) is 0 Å². The first-order chi connectivity index (χ1) is 6.66. The van der Waals surface area contributed by atoms with Crippen LogP contribution >= 0.6 is 23.2 Å². The van der Waals surface area contributed by atoms with Gasteiger partial charge in [0.2, 0.25) is 5.28 Å². The van der Waals surface area contributed by atoms with Crippen LogP contribution in [0.25, 0.3) is 5.69 Å². The predicted octanol–water partition coefficient (Wildman–Crippen LogP) is 2.88. The Morgan fingerprint density at radius 1 is 1.29 bits per heavy atom. The van der Waals surface area contributed by atoms with Crippen LogP contribution in [-0.2, 0) is 0 Å². The van der Waals surface area contributed by atoms with Crippen LogP contribution in [0.1, 0.15) is 5.82 Å². The lowest BCUT2D eigenvalue weighted by molar-refractivity contribution is 0.863. The van der Waals surface area contributed by atoms with Crippen molar-refractivity contribution >= 4 is 23.2 Å². The number of aryl methyl sites for hydroxylation is 1. The van der Waals surface area contributed by atoms with Crippen LogP contribution < -0.4 is 0 Å². The van der Waals surface area contributed by atoms with Crippen molar-refractivity contribution in [2.45, 2.75) is 6.92 Å². The van der Waals surface area contributed by atoms with Gasteiger partial charge in [-0.2, -0.15) is 5.10 Å². The lowest BCUT2D eigenvalue weighted by Gasteiger charge is -2.01. The van der Waals surface area contributed by atoms with E-state index in [1.54, 1.807) is 23.7 Å². The maximum atomic E-state index is 5.88. The molecule has 0 N–H and O–H groups in total. The maximum absolute atomic E-state index is 5.88. The van der Waals surface area contributed by atoms with Crippen molar-refractivity contribution in [1.29, 1.82) is 0 Å². The number of benzene rings is 1. The summed E-state index contributed by atoms with van der Waals surface area (Å²) in [7, 11) is 0. The molecule has 2 aromatic rings. The zero-order chi connectivity index (χ0) is 10.1. The summed E-state index contributed by atoms with van der Waals surface area (Å²) in [6, 6.07) is 7.28. The fourth-order valence-corrected chi connectivity index (χ4v) is 1.60. The van der Waals surface area contributed by atoms with E-state index >= 15 is 0 Å². The number of rotatable bonds is 1. The fourth-order valence-electron chi connectivity index (χ4n) is 1.16. The van der Waals surface area contributed by atoms with E-state index in [1.807, 2.05) is 12.1 Å². The van der Waals surface area contributed by atoms with E-state index in [-0.39, 0.29) is 0 Å². The molecule has 0 spiro atoms. The van der Waals surface area contributed by atoms with Gasteiger partial charge in [0, 0.05) is 5.02 Å². The molecule has 0 atom stereocenters. The highest BCUT2D eigenvalue weighted by molar-refractivity contribution is 6.31. The molecule has 0 aliphatic heterocycles. The third-order valence-corrected chi connectivity index (χ3v) is 2.21. The van der Waals surface area contributed by atoms with Crippen LogP contribution in [0.3, 0.4) is 0 Å². The zero-order valence-corrected chi connectivity index (χ0v) is 8.92. The molecule has 14 heavy (non-hydrogen) atoms. The number of halogens is 2. The average molecular weight is 228 g/mol. The topological polar surface area (TPSA) is 30.7 Å². The first-order valence-corrected chi connectivity index (χ1v) is 4.77. The normalized spacial score (nSPS) is 10.5. The Morgan fingerprint density at radius 2 is 2.07 bits per heavy atom. The molecule has 0 unspecified atom stereocenters. The first kappa shape index (κ1) is 9.49. The van der Waals surface area contributed by atoms with Crippen molar-refractivity contribution in [3.63, 3.8) is 0 Å². The van der Waals surface area contributed by atoms with E-state index in [9.17, 15) is 0 Å². The van der Waals surface area contributed by atoms with E-state index < -0.39 is 0 Å². The summed E-state index contributed by atoms with van der Waals surface area (Å²) >= 11 is 11.7. The fraction of sp³-hybridized carbons (Fsp3) is 0.111. The quantitative estimate of drug-likeness (QED) is 0.751. The monoisotopic (exact) mass is 227 g/mol. The summed E-state index contributed by atoms with van der Waals surface area (Å²) < 4.78 is 1.54. The van der Waals surface area contributed by atoms with Crippen LogP contribution in [0.15, 0.2) is 24.3 Å². The molecule has 0 bridgehead atoms. The van der Waals surface area contributed by atoms with Crippen LogP contribution in [-0.4, -0.2) is 14.8 Å². The second-order valence-electron chi connectivity index (χ2n) is 2.82. The Hall–Kier alpha value is -1.06. The van der Waals surface area contributed by atoms with Crippen LogP contribution in [0, 0.1) is 6.92 Å². The largest absolute Gasteiger partial charge is 0.225 e. The van der Waals surface area contributed by atoms with Crippen molar-refractivity contribution < 1.29 is 0 Å². The molecule has 1 aromatic carbocycles. The second-order valence-corrected chi connectivity index (χ2v) is 3.59. The van der Waals surface area contributed by atoms with Crippen LogP contribution in [0.2, 0.25) is 10.3 Å². The zero-order valence-electron chi connectivity index (χ0n) is 7.41. The van der Waals surface area contributed by atoms with Gasteiger partial charge < -0.3 is 0 Å². The van der Waals surface area contributed by atoms with Crippen molar-refractivity contribution in [2.75, 3.05) is 0 Å². The summed E-state index contributed by atoms with van der Waals surface area (Å²) in [6.45, 7) is 1.78. The maximum Gasteiger partial charge on any atom is 0.225 e. The first-order valence-electron chi connectivity index (χ1n) is 4.02. The van der Waals surface area contributed by atoms with Gasteiger partial charge in [-0.15, -0.1) is 0 Å². The number of hydrogen-bond acceptors (Lipinski definition) is 2. The molecule has 0 amide bonds. The van der Waals surface area contributed by atoms with E-state index in [1.165, 1.54) is 0 Å². The molecule has 5 heteroatoms. The summed E-state index contributed by atoms with van der Waals surface area (Å²) in [5.74, 6) is 0.634. The van der Waals surface area contributed by atoms with Crippen LogP contribution in [0.4, 0.5) is 0 Å². The third-order valence-electron chi connectivity index (χ3n) is 1.73. The molecule has 72 valence electrons. The standard InChI is InChI=1S/C9H7Cl2N3/c1-6-12-9(11)14(13-6)8-4-2-3-7(10)5-8/h2-5H,1H3. The third kappa shape index (κ3) is 1.74. The molecule has 0 saturated heterocycles. The van der Waals surface area contributed by atoms with Crippen molar-refractivity contribution in [2.24, 2.45) is 0 Å². The van der Waals surface area contributed by atoms with E-state index in [4.69, 9.17) is 23.2 Å². The molecule has 1 aromatic heterocycles. The average Bonchev–Trinajstić information content (AvgIpc) is 2.45. The Kier molecular flexibility index (Phi) is 2.44. The van der Waals surface area contributed by atoms with Gasteiger partial charge in [-0.1, -0.05) is 17.7 Å². The van der Waals surface area contributed by atoms with E-state index in [0.29, 0.717) is 16.1 Å². The molecule has 2 rings (SSSR count). The Morgan fingerprint density at radius 3 is 2.64 bits per heavy atom. The molecule has 0 fully saturated rings. The van der Waals surface area contributed by atoms with E-state index in [2.05, 4.69) is 10.1 Å². The molecule has 0 radical (unpaired) electrons. The van der Waals surface area contributed by atoms with Gasteiger partial charge >= 0.3 is 0 Å². The molecular formula is C9H7Cl2N3. The number of nitrogens with zero attached hydrogens (tertiary/aromatic N) is 3.